The molecule has 2 aromatic rings. The highest BCUT2D eigenvalue weighted by Gasteiger charge is 2.20. The van der Waals surface area contributed by atoms with E-state index in [1.165, 1.54) is 10.6 Å². The number of rotatable bonds is 1. The normalized spacial score (nSPS) is 12.3. The van der Waals surface area contributed by atoms with Crippen LogP contribution in [0.4, 0.5) is 0 Å². The third-order valence-electron chi connectivity index (χ3n) is 2.48. The molecule has 1 aromatic carbocycles. The Morgan fingerprint density at radius 1 is 1.14 bits per heavy atom. The topological polar surface area (TPSA) is 13.1 Å². The summed E-state index contributed by atoms with van der Waals surface area (Å²) in [5.74, 6) is 1.01. The van der Waals surface area contributed by atoms with E-state index in [2.05, 4.69) is 43.9 Å². The summed E-state index contributed by atoms with van der Waals surface area (Å²) in [6, 6.07) is 8.57. The summed E-state index contributed by atoms with van der Waals surface area (Å²) < 4.78 is 5.76. The summed E-state index contributed by atoms with van der Waals surface area (Å²) in [6.45, 7) is 9.05. The number of aryl methyl sites for hydroxylation is 1. The van der Waals surface area contributed by atoms with Crippen LogP contribution in [0.3, 0.4) is 0 Å². The van der Waals surface area contributed by atoms with E-state index in [1.807, 2.05) is 6.92 Å². The van der Waals surface area contributed by atoms with Crippen LogP contribution in [0.2, 0.25) is 19.6 Å². The predicted molar refractivity (Wildman–Crippen MR) is 63.9 cm³/mol. The fourth-order valence-corrected chi connectivity index (χ4v) is 3.26. The van der Waals surface area contributed by atoms with Crippen molar-refractivity contribution in [3.05, 3.63) is 30.0 Å². The molecule has 0 spiro atoms. The van der Waals surface area contributed by atoms with Crippen LogP contribution < -0.4 is 5.19 Å². The van der Waals surface area contributed by atoms with Gasteiger partial charge in [0, 0.05) is 5.39 Å². The summed E-state index contributed by atoms with van der Waals surface area (Å²) in [7, 11) is -1.28. The average molecular weight is 204 g/mol. The van der Waals surface area contributed by atoms with Gasteiger partial charge in [0.15, 0.2) is 0 Å². The van der Waals surface area contributed by atoms with E-state index in [0.29, 0.717) is 0 Å². The van der Waals surface area contributed by atoms with Gasteiger partial charge in [-0.2, -0.15) is 0 Å². The standard InChI is InChI=1S/C12H16OSi/c1-9-8-10-6-5-7-11(12(10)13-9)14(2,3)4/h5-8H,1-4H3. The summed E-state index contributed by atoms with van der Waals surface area (Å²) in [4.78, 5) is 0. The Kier molecular flexibility index (Phi) is 2.03. The van der Waals surface area contributed by atoms with E-state index in [1.54, 1.807) is 0 Å². The van der Waals surface area contributed by atoms with Crippen molar-refractivity contribution in [2.45, 2.75) is 26.6 Å². The Hall–Kier alpha value is -1.02. The highest BCUT2D eigenvalue weighted by Crippen LogP contribution is 2.19. The predicted octanol–water partition coefficient (Wildman–Crippen LogP) is 3.29. The van der Waals surface area contributed by atoms with Crippen molar-refractivity contribution in [3.63, 3.8) is 0 Å². The Bertz CT molecular complexity index is 463. The van der Waals surface area contributed by atoms with E-state index in [0.717, 1.165) is 11.3 Å². The number of hydrogen-bond donors (Lipinski definition) is 0. The van der Waals surface area contributed by atoms with E-state index in [-0.39, 0.29) is 0 Å². The number of furan rings is 1. The van der Waals surface area contributed by atoms with Gasteiger partial charge < -0.3 is 4.42 Å². The molecule has 0 aliphatic heterocycles. The fraction of sp³-hybridized carbons (Fsp3) is 0.333. The lowest BCUT2D eigenvalue weighted by Gasteiger charge is -2.16. The van der Waals surface area contributed by atoms with Crippen molar-refractivity contribution in [2.24, 2.45) is 0 Å². The van der Waals surface area contributed by atoms with Gasteiger partial charge in [-0.25, -0.2) is 0 Å². The summed E-state index contributed by atoms with van der Waals surface area (Å²) in [6.07, 6.45) is 0. The molecule has 14 heavy (non-hydrogen) atoms. The van der Waals surface area contributed by atoms with Crippen LogP contribution in [-0.4, -0.2) is 8.07 Å². The molecule has 2 heteroatoms. The first kappa shape index (κ1) is 9.53. The number of para-hydroxylation sites is 1. The van der Waals surface area contributed by atoms with Gasteiger partial charge in [-0.3, -0.25) is 0 Å². The lowest BCUT2D eigenvalue weighted by molar-refractivity contribution is 0.580. The minimum Gasteiger partial charge on any atom is -0.462 e. The minimum atomic E-state index is -1.28. The lowest BCUT2D eigenvalue weighted by atomic mass is 10.2. The van der Waals surface area contributed by atoms with Gasteiger partial charge in [-0.05, 0) is 18.2 Å². The SMILES string of the molecule is Cc1cc2cccc([Si](C)(C)C)c2o1. The molecule has 0 amide bonds. The first-order chi connectivity index (χ1) is 6.48. The van der Waals surface area contributed by atoms with Crippen LogP contribution in [0, 0.1) is 6.92 Å². The quantitative estimate of drug-likeness (QED) is 0.650. The summed E-state index contributed by atoms with van der Waals surface area (Å²) in [5, 5.41) is 2.66. The monoisotopic (exact) mass is 204 g/mol. The molecule has 0 bridgehead atoms. The molecule has 1 nitrogen and oxygen atoms in total. The number of fused-ring (bicyclic) bond motifs is 1. The van der Waals surface area contributed by atoms with Gasteiger partial charge in [-0.15, -0.1) is 0 Å². The minimum absolute atomic E-state index is 1.01. The molecule has 74 valence electrons. The molecule has 0 aliphatic carbocycles. The zero-order valence-corrected chi connectivity index (χ0v) is 10.2. The average Bonchev–Trinajstić information content (AvgIpc) is 2.41. The zero-order valence-electron chi connectivity index (χ0n) is 9.22. The van der Waals surface area contributed by atoms with Gasteiger partial charge in [-0.1, -0.05) is 37.8 Å². The molecule has 0 aliphatic rings. The van der Waals surface area contributed by atoms with Crippen molar-refractivity contribution < 1.29 is 4.42 Å². The zero-order chi connectivity index (χ0) is 10.3. The van der Waals surface area contributed by atoms with Crippen LogP contribution in [0.1, 0.15) is 5.76 Å². The van der Waals surface area contributed by atoms with E-state index < -0.39 is 8.07 Å². The maximum Gasteiger partial charge on any atom is 0.133 e. The second-order valence-corrected chi connectivity index (χ2v) is 9.87. The van der Waals surface area contributed by atoms with Crippen LogP contribution in [0.25, 0.3) is 11.0 Å². The maximum atomic E-state index is 5.76. The Morgan fingerprint density at radius 2 is 1.86 bits per heavy atom. The van der Waals surface area contributed by atoms with E-state index >= 15 is 0 Å². The van der Waals surface area contributed by atoms with Crippen molar-refractivity contribution in [1.29, 1.82) is 0 Å². The molecule has 0 fully saturated rings. The van der Waals surface area contributed by atoms with Crippen molar-refractivity contribution in [1.82, 2.24) is 0 Å². The van der Waals surface area contributed by atoms with Crippen LogP contribution >= 0.6 is 0 Å². The first-order valence-corrected chi connectivity index (χ1v) is 8.48. The Morgan fingerprint density at radius 3 is 2.50 bits per heavy atom. The molecule has 1 heterocycles. The van der Waals surface area contributed by atoms with Crippen LogP contribution in [0.15, 0.2) is 28.7 Å². The van der Waals surface area contributed by atoms with Gasteiger partial charge in [0.05, 0.1) is 8.07 Å². The molecule has 0 unspecified atom stereocenters. The summed E-state index contributed by atoms with van der Waals surface area (Å²) >= 11 is 0. The second kappa shape index (κ2) is 2.99. The highest BCUT2D eigenvalue weighted by molar-refractivity contribution is 6.90. The molecule has 0 saturated carbocycles. The Balaban J connectivity index is 2.77. The van der Waals surface area contributed by atoms with Crippen LogP contribution in [0.5, 0.6) is 0 Å². The highest BCUT2D eigenvalue weighted by atomic mass is 28.3. The van der Waals surface area contributed by atoms with E-state index in [4.69, 9.17) is 4.42 Å². The molecule has 1 aromatic heterocycles. The molecule has 0 saturated heterocycles. The van der Waals surface area contributed by atoms with Gasteiger partial charge in [0.25, 0.3) is 0 Å². The maximum absolute atomic E-state index is 5.76. The number of benzene rings is 1. The van der Waals surface area contributed by atoms with Crippen LogP contribution in [-0.2, 0) is 0 Å². The van der Waals surface area contributed by atoms with Gasteiger partial charge >= 0.3 is 0 Å². The molecule has 2 rings (SSSR count). The van der Waals surface area contributed by atoms with Gasteiger partial charge in [0.1, 0.15) is 11.3 Å². The fourth-order valence-electron chi connectivity index (χ4n) is 1.78. The van der Waals surface area contributed by atoms with E-state index in [9.17, 15) is 0 Å². The van der Waals surface area contributed by atoms with Crippen molar-refractivity contribution >= 4 is 24.2 Å². The Labute approximate surface area is 85.7 Å². The first-order valence-electron chi connectivity index (χ1n) is 4.98. The molecule has 0 N–H and O–H groups in total. The largest absolute Gasteiger partial charge is 0.462 e. The van der Waals surface area contributed by atoms with Crippen molar-refractivity contribution in [3.8, 4) is 0 Å². The molecule has 0 atom stereocenters. The molecular formula is C12H16OSi. The number of hydrogen-bond acceptors (Lipinski definition) is 1. The van der Waals surface area contributed by atoms with Gasteiger partial charge in [0.2, 0.25) is 0 Å². The molecule has 0 radical (unpaired) electrons. The summed E-state index contributed by atoms with van der Waals surface area (Å²) in [5.41, 5.74) is 1.10. The lowest BCUT2D eigenvalue weighted by Crippen LogP contribution is -2.37. The smallest absolute Gasteiger partial charge is 0.133 e. The third-order valence-corrected chi connectivity index (χ3v) is 4.49. The van der Waals surface area contributed by atoms with Crippen molar-refractivity contribution in [2.75, 3.05) is 0 Å². The molecular weight excluding hydrogens is 188 g/mol. The third kappa shape index (κ3) is 1.50. The second-order valence-electron chi connectivity index (χ2n) is 4.83.